The number of hydrogen-bond donors (Lipinski definition) is 0. The van der Waals surface area contributed by atoms with E-state index in [9.17, 15) is 9.18 Å². The van der Waals surface area contributed by atoms with E-state index in [1.807, 2.05) is 4.90 Å². The summed E-state index contributed by atoms with van der Waals surface area (Å²) >= 11 is 0. The Hall–Kier alpha value is -1.42. The summed E-state index contributed by atoms with van der Waals surface area (Å²) in [7, 11) is 0. The average Bonchev–Trinajstić information content (AvgIpc) is 2.91. The van der Waals surface area contributed by atoms with E-state index in [4.69, 9.17) is 0 Å². The van der Waals surface area contributed by atoms with Crippen molar-refractivity contribution in [3.8, 4) is 0 Å². The molecule has 20 heavy (non-hydrogen) atoms. The molecule has 3 nitrogen and oxygen atoms in total. The number of carbonyl (C=O) groups excluding carboxylic acids is 1. The van der Waals surface area contributed by atoms with Crippen molar-refractivity contribution in [1.82, 2.24) is 9.80 Å². The van der Waals surface area contributed by atoms with Crippen LogP contribution in [0.3, 0.4) is 0 Å². The monoisotopic (exact) mass is 276 g/mol. The van der Waals surface area contributed by atoms with Crippen molar-refractivity contribution >= 4 is 5.91 Å². The molecule has 2 saturated heterocycles. The van der Waals surface area contributed by atoms with Gasteiger partial charge in [-0.05, 0) is 50.0 Å². The Kier molecular flexibility index (Phi) is 4.01. The third-order valence-electron chi connectivity index (χ3n) is 4.44. The summed E-state index contributed by atoms with van der Waals surface area (Å²) in [6.45, 7) is 3.98. The highest BCUT2D eigenvalue weighted by Crippen LogP contribution is 2.33. The van der Waals surface area contributed by atoms with Crippen molar-refractivity contribution in [2.24, 2.45) is 0 Å². The van der Waals surface area contributed by atoms with E-state index in [1.165, 1.54) is 25.0 Å². The Morgan fingerprint density at radius 1 is 1.15 bits per heavy atom. The summed E-state index contributed by atoms with van der Waals surface area (Å²) in [4.78, 5) is 16.6. The first-order valence-corrected chi connectivity index (χ1v) is 7.51. The van der Waals surface area contributed by atoms with E-state index in [2.05, 4.69) is 4.90 Å². The van der Waals surface area contributed by atoms with Gasteiger partial charge in [-0.25, -0.2) is 4.39 Å². The minimum Gasteiger partial charge on any atom is -0.335 e. The van der Waals surface area contributed by atoms with Gasteiger partial charge in [0, 0.05) is 19.5 Å². The van der Waals surface area contributed by atoms with Gasteiger partial charge in [-0.15, -0.1) is 0 Å². The summed E-state index contributed by atoms with van der Waals surface area (Å²) < 4.78 is 12.9. The van der Waals surface area contributed by atoms with Gasteiger partial charge in [-0.2, -0.15) is 0 Å². The minimum absolute atomic E-state index is 0.154. The van der Waals surface area contributed by atoms with Crippen molar-refractivity contribution in [1.29, 1.82) is 0 Å². The molecular formula is C16H21FN2O. The van der Waals surface area contributed by atoms with Crippen LogP contribution in [0.2, 0.25) is 0 Å². The van der Waals surface area contributed by atoms with Gasteiger partial charge in [0.15, 0.2) is 0 Å². The van der Waals surface area contributed by atoms with Crippen molar-refractivity contribution in [3.63, 3.8) is 0 Å². The molecule has 0 bridgehead atoms. The highest BCUT2D eigenvalue weighted by atomic mass is 19.1. The van der Waals surface area contributed by atoms with Crippen LogP contribution in [0.4, 0.5) is 4.39 Å². The molecule has 1 aromatic rings. The second-order valence-electron chi connectivity index (χ2n) is 5.74. The van der Waals surface area contributed by atoms with E-state index in [1.54, 1.807) is 12.1 Å². The van der Waals surface area contributed by atoms with Crippen LogP contribution in [-0.4, -0.2) is 41.9 Å². The zero-order chi connectivity index (χ0) is 13.9. The lowest BCUT2D eigenvalue weighted by Crippen LogP contribution is -2.46. The molecule has 0 unspecified atom stereocenters. The highest BCUT2D eigenvalue weighted by molar-refractivity contribution is 5.77. The molecule has 108 valence electrons. The number of amides is 1. The van der Waals surface area contributed by atoms with Gasteiger partial charge in [-0.3, -0.25) is 4.79 Å². The molecule has 2 aliphatic heterocycles. The molecular weight excluding hydrogens is 255 g/mol. The summed E-state index contributed by atoms with van der Waals surface area (Å²) in [6.07, 6.45) is 4.12. The van der Waals surface area contributed by atoms with Crippen LogP contribution in [0, 0.1) is 5.82 Å². The van der Waals surface area contributed by atoms with Gasteiger partial charge in [0.25, 0.3) is 0 Å². The largest absolute Gasteiger partial charge is 0.335 e. The third kappa shape index (κ3) is 2.85. The zero-order valence-corrected chi connectivity index (χ0v) is 11.7. The molecule has 0 N–H and O–H groups in total. The normalized spacial score (nSPS) is 22.9. The number of likely N-dealkylation sites (tertiary alicyclic amines) is 2. The minimum atomic E-state index is -0.222. The van der Waals surface area contributed by atoms with Gasteiger partial charge in [0.1, 0.15) is 5.82 Å². The molecule has 4 heteroatoms. The SMILES string of the molecule is O=C(CCN1CCCC1)N1CC[C@@H]1c1ccc(F)cc1. The van der Waals surface area contributed by atoms with E-state index in [-0.39, 0.29) is 17.8 Å². The van der Waals surface area contributed by atoms with Crippen molar-refractivity contribution in [3.05, 3.63) is 35.6 Å². The van der Waals surface area contributed by atoms with Crippen LogP contribution in [-0.2, 0) is 4.79 Å². The molecule has 0 aliphatic carbocycles. The Bertz CT molecular complexity index is 468. The van der Waals surface area contributed by atoms with Crippen LogP contribution in [0.25, 0.3) is 0 Å². The summed E-state index contributed by atoms with van der Waals surface area (Å²) in [5, 5.41) is 0. The molecule has 1 amide bonds. The predicted octanol–water partition coefficient (Wildman–Crippen LogP) is 2.59. The van der Waals surface area contributed by atoms with Crippen molar-refractivity contribution < 1.29 is 9.18 Å². The second kappa shape index (κ2) is 5.92. The first kappa shape index (κ1) is 13.6. The maximum atomic E-state index is 12.9. The van der Waals surface area contributed by atoms with Gasteiger partial charge < -0.3 is 9.80 Å². The number of rotatable bonds is 4. The van der Waals surface area contributed by atoms with Gasteiger partial charge in [-0.1, -0.05) is 12.1 Å². The number of benzene rings is 1. The second-order valence-corrected chi connectivity index (χ2v) is 5.74. The average molecular weight is 276 g/mol. The number of halogens is 1. The Morgan fingerprint density at radius 3 is 2.45 bits per heavy atom. The molecule has 1 aromatic carbocycles. The smallest absolute Gasteiger partial charge is 0.224 e. The Morgan fingerprint density at radius 2 is 1.85 bits per heavy atom. The topological polar surface area (TPSA) is 23.6 Å². The van der Waals surface area contributed by atoms with Crippen LogP contribution < -0.4 is 0 Å². The quantitative estimate of drug-likeness (QED) is 0.844. The number of carbonyl (C=O) groups is 1. The summed E-state index contributed by atoms with van der Waals surface area (Å²) in [6, 6.07) is 6.68. The number of hydrogen-bond acceptors (Lipinski definition) is 2. The van der Waals surface area contributed by atoms with Crippen molar-refractivity contribution in [2.75, 3.05) is 26.2 Å². The van der Waals surface area contributed by atoms with Crippen LogP contribution >= 0.6 is 0 Å². The Labute approximate surface area is 119 Å². The lowest BCUT2D eigenvalue weighted by molar-refractivity contribution is -0.139. The molecule has 1 atom stereocenters. The van der Waals surface area contributed by atoms with Crippen LogP contribution in [0.15, 0.2) is 24.3 Å². The molecule has 0 radical (unpaired) electrons. The lowest BCUT2D eigenvalue weighted by atomic mass is 9.94. The zero-order valence-electron chi connectivity index (χ0n) is 11.7. The molecule has 2 fully saturated rings. The summed E-state index contributed by atoms with van der Waals surface area (Å²) in [5.41, 5.74) is 1.05. The molecule has 0 saturated carbocycles. The van der Waals surface area contributed by atoms with E-state index in [0.717, 1.165) is 38.2 Å². The van der Waals surface area contributed by atoms with E-state index >= 15 is 0 Å². The van der Waals surface area contributed by atoms with Crippen molar-refractivity contribution in [2.45, 2.75) is 31.7 Å². The lowest BCUT2D eigenvalue weighted by Gasteiger charge is -2.41. The number of nitrogens with zero attached hydrogens (tertiary/aromatic N) is 2. The van der Waals surface area contributed by atoms with E-state index in [0.29, 0.717) is 6.42 Å². The fourth-order valence-electron chi connectivity index (χ4n) is 3.12. The molecule has 0 spiro atoms. The predicted molar refractivity (Wildman–Crippen MR) is 75.8 cm³/mol. The third-order valence-corrected chi connectivity index (χ3v) is 4.44. The molecule has 2 heterocycles. The first-order chi connectivity index (χ1) is 9.74. The van der Waals surface area contributed by atoms with Gasteiger partial charge >= 0.3 is 0 Å². The maximum Gasteiger partial charge on any atom is 0.224 e. The van der Waals surface area contributed by atoms with E-state index < -0.39 is 0 Å². The maximum absolute atomic E-state index is 12.9. The first-order valence-electron chi connectivity index (χ1n) is 7.51. The standard InChI is InChI=1S/C16H21FN2O/c17-14-5-3-13(4-6-14)15-7-12-19(15)16(20)8-11-18-9-1-2-10-18/h3-6,15H,1-2,7-12H2/t15-/m1/s1. The van der Waals surface area contributed by atoms with Gasteiger partial charge in [0.05, 0.1) is 6.04 Å². The molecule has 3 rings (SSSR count). The molecule has 2 aliphatic rings. The van der Waals surface area contributed by atoms with Gasteiger partial charge in [0.2, 0.25) is 5.91 Å². The fraction of sp³-hybridized carbons (Fsp3) is 0.562. The van der Waals surface area contributed by atoms with Crippen LogP contribution in [0.1, 0.15) is 37.3 Å². The van der Waals surface area contributed by atoms with Crippen LogP contribution in [0.5, 0.6) is 0 Å². The fourth-order valence-corrected chi connectivity index (χ4v) is 3.12. The summed E-state index contributed by atoms with van der Waals surface area (Å²) in [5.74, 6) is 0.0115. The Balaban J connectivity index is 1.54. The molecule has 0 aromatic heterocycles. The highest BCUT2D eigenvalue weighted by Gasteiger charge is 2.33.